The Balaban J connectivity index is 1.67. The van der Waals surface area contributed by atoms with Gasteiger partial charge in [-0.3, -0.25) is 0 Å². The maximum absolute atomic E-state index is 11.8. The van der Waals surface area contributed by atoms with Crippen LogP contribution < -0.4 is 0 Å². The van der Waals surface area contributed by atoms with Crippen LogP contribution >= 0.6 is 0 Å². The summed E-state index contributed by atoms with van der Waals surface area (Å²) in [6, 6.07) is 0. The van der Waals surface area contributed by atoms with Crippen LogP contribution in [0.15, 0.2) is 0 Å². The van der Waals surface area contributed by atoms with E-state index in [-0.39, 0.29) is 24.0 Å². The van der Waals surface area contributed by atoms with Gasteiger partial charge in [0.1, 0.15) is 0 Å². The minimum atomic E-state index is -0.576. The quantitative estimate of drug-likeness (QED) is 0.695. The standard InChI is InChI=1S/C20H34O3/c1-18-8-6-15(22)11-13(18)3-4-17-16(18)7-9-19(2)14(12-21)5-10-20(17,19)23/h13-17,21-23H,3-12H2,1-2H3/t13-,14-,15+,16+,17-,18+,19-,20+/m1/s1. The molecule has 0 heterocycles. The van der Waals surface area contributed by atoms with Crippen LogP contribution in [0.1, 0.15) is 71.6 Å². The van der Waals surface area contributed by atoms with Gasteiger partial charge in [0.2, 0.25) is 0 Å². The van der Waals surface area contributed by atoms with Crippen molar-refractivity contribution in [3.8, 4) is 0 Å². The van der Waals surface area contributed by atoms with Crippen molar-refractivity contribution >= 4 is 0 Å². The minimum absolute atomic E-state index is 0.0969. The molecule has 0 saturated heterocycles. The van der Waals surface area contributed by atoms with Gasteiger partial charge in [0, 0.05) is 12.0 Å². The molecule has 3 N–H and O–H groups in total. The van der Waals surface area contributed by atoms with Crippen molar-refractivity contribution < 1.29 is 15.3 Å². The van der Waals surface area contributed by atoms with Crippen molar-refractivity contribution in [3.05, 3.63) is 0 Å². The van der Waals surface area contributed by atoms with Gasteiger partial charge in [-0.25, -0.2) is 0 Å². The highest BCUT2D eigenvalue weighted by Crippen LogP contribution is 2.68. The van der Waals surface area contributed by atoms with Gasteiger partial charge in [-0.15, -0.1) is 0 Å². The molecule has 4 fully saturated rings. The first kappa shape index (κ1) is 16.4. The first-order valence-electron chi connectivity index (χ1n) is 9.86. The molecule has 4 aliphatic rings. The molecule has 132 valence electrons. The first-order valence-corrected chi connectivity index (χ1v) is 9.86. The van der Waals surface area contributed by atoms with E-state index in [9.17, 15) is 15.3 Å². The van der Waals surface area contributed by atoms with E-state index in [0.29, 0.717) is 23.2 Å². The lowest BCUT2D eigenvalue weighted by Gasteiger charge is -2.63. The summed E-state index contributed by atoms with van der Waals surface area (Å²) >= 11 is 0. The van der Waals surface area contributed by atoms with Gasteiger partial charge in [-0.2, -0.15) is 0 Å². The smallest absolute Gasteiger partial charge is 0.0735 e. The molecule has 8 atom stereocenters. The fourth-order valence-corrected chi connectivity index (χ4v) is 7.61. The zero-order valence-electron chi connectivity index (χ0n) is 14.8. The second-order valence-electron chi connectivity index (χ2n) is 9.72. The summed E-state index contributed by atoms with van der Waals surface area (Å²) in [5, 5.41) is 31.7. The van der Waals surface area contributed by atoms with Gasteiger partial charge in [-0.05, 0) is 86.9 Å². The summed E-state index contributed by atoms with van der Waals surface area (Å²) in [5.41, 5.74) is -0.371. The molecule has 0 spiro atoms. The number of hydrogen-bond acceptors (Lipinski definition) is 3. The third-order valence-electron chi connectivity index (χ3n) is 9.24. The van der Waals surface area contributed by atoms with Gasteiger partial charge in [-0.1, -0.05) is 13.8 Å². The Bertz CT molecular complexity index is 480. The minimum Gasteiger partial charge on any atom is -0.396 e. The normalized spacial score (nSPS) is 59.1. The number of rotatable bonds is 1. The molecular weight excluding hydrogens is 288 g/mol. The van der Waals surface area contributed by atoms with Crippen molar-refractivity contribution in [1.82, 2.24) is 0 Å². The Hall–Kier alpha value is -0.120. The Morgan fingerprint density at radius 2 is 1.70 bits per heavy atom. The number of aliphatic hydroxyl groups is 3. The van der Waals surface area contributed by atoms with Crippen LogP contribution in [0.5, 0.6) is 0 Å². The van der Waals surface area contributed by atoms with Gasteiger partial charge in [0.25, 0.3) is 0 Å². The zero-order chi connectivity index (χ0) is 16.5. The summed E-state index contributed by atoms with van der Waals surface area (Å²) in [5.74, 6) is 1.90. The van der Waals surface area contributed by atoms with Crippen molar-refractivity contribution in [2.45, 2.75) is 83.3 Å². The second-order valence-corrected chi connectivity index (χ2v) is 9.72. The lowest BCUT2D eigenvalue weighted by atomic mass is 9.43. The van der Waals surface area contributed by atoms with E-state index >= 15 is 0 Å². The average molecular weight is 322 g/mol. The Labute approximate surface area is 140 Å². The van der Waals surface area contributed by atoms with Crippen LogP contribution in [0.4, 0.5) is 0 Å². The SMILES string of the molecule is C[C@]12CC[C@H](O)C[C@H]1CC[C@@H]1[C@@H]2CC[C@]2(C)[C@@H](CO)CC[C@]12O. The molecule has 0 aliphatic heterocycles. The van der Waals surface area contributed by atoms with E-state index in [2.05, 4.69) is 13.8 Å². The Morgan fingerprint density at radius 3 is 2.43 bits per heavy atom. The summed E-state index contributed by atoms with van der Waals surface area (Å²) in [4.78, 5) is 0. The van der Waals surface area contributed by atoms with Gasteiger partial charge >= 0.3 is 0 Å². The molecule has 4 rings (SSSR count). The van der Waals surface area contributed by atoms with Crippen molar-refractivity contribution in [1.29, 1.82) is 0 Å². The molecule has 3 heteroatoms. The monoisotopic (exact) mass is 322 g/mol. The highest BCUT2D eigenvalue weighted by molar-refractivity contribution is 5.16. The summed E-state index contributed by atoms with van der Waals surface area (Å²) in [6.07, 6.45) is 9.30. The highest BCUT2D eigenvalue weighted by Gasteiger charge is 2.66. The summed E-state index contributed by atoms with van der Waals surface area (Å²) in [7, 11) is 0. The fraction of sp³-hybridized carbons (Fsp3) is 1.00. The topological polar surface area (TPSA) is 60.7 Å². The Morgan fingerprint density at radius 1 is 0.913 bits per heavy atom. The molecule has 0 aromatic heterocycles. The lowest BCUT2D eigenvalue weighted by molar-refractivity contribution is -0.212. The van der Waals surface area contributed by atoms with Gasteiger partial charge in [0.05, 0.1) is 11.7 Å². The molecule has 3 nitrogen and oxygen atoms in total. The van der Waals surface area contributed by atoms with Crippen LogP contribution in [0.3, 0.4) is 0 Å². The molecule has 0 radical (unpaired) electrons. The Kier molecular flexibility index (Phi) is 3.69. The van der Waals surface area contributed by atoms with E-state index < -0.39 is 5.60 Å². The van der Waals surface area contributed by atoms with Crippen LogP contribution in [-0.2, 0) is 0 Å². The molecule has 0 amide bonds. The fourth-order valence-electron chi connectivity index (χ4n) is 7.61. The molecule has 0 aromatic rings. The number of aliphatic hydroxyl groups excluding tert-OH is 2. The van der Waals surface area contributed by atoms with Crippen LogP contribution in [0.2, 0.25) is 0 Å². The van der Waals surface area contributed by atoms with Crippen molar-refractivity contribution in [2.75, 3.05) is 6.61 Å². The molecule has 0 bridgehead atoms. The largest absolute Gasteiger partial charge is 0.396 e. The van der Waals surface area contributed by atoms with E-state index in [1.54, 1.807) is 0 Å². The summed E-state index contributed by atoms with van der Waals surface area (Å²) in [6.45, 7) is 4.92. The van der Waals surface area contributed by atoms with Crippen molar-refractivity contribution in [3.63, 3.8) is 0 Å². The third kappa shape index (κ3) is 1.99. The summed E-state index contributed by atoms with van der Waals surface area (Å²) < 4.78 is 0. The van der Waals surface area contributed by atoms with Crippen LogP contribution in [0.25, 0.3) is 0 Å². The molecule has 4 saturated carbocycles. The van der Waals surface area contributed by atoms with Crippen LogP contribution in [-0.4, -0.2) is 33.6 Å². The molecule has 4 aliphatic carbocycles. The molecule has 23 heavy (non-hydrogen) atoms. The molecular formula is C20H34O3. The lowest BCUT2D eigenvalue weighted by Crippen LogP contribution is -2.62. The second kappa shape index (κ2) is 5.19. The van der Waals surface area contributed by atoms with E-state index in [4.69, 9.17) is 0 Å². The predicted molar refractivity (Wildman–Crippen MR) is 89.8 cm³/mol. The number of hydrogen-bond donors (Lipinski definition) is 3. The van der Waals surface area contributed by atoms with Gasteiger partial charge in [0.15, 0.2) is 0 Å². The van der Waals surface area contributed by atoms with Crippen molar-refractivity contribution in [2.24, 2.45) is 34.5 Å². The van der Waals surface area contributed by atoms with Gasteiger partial charge < -0.3 is 15.3 Å². The third-order valence-corrected chi connectivity index (χ3v) is 9.24. The number of fused-ring (bicyclic) bond motifs is 5. The average Bonchev–Trinajstić information content (AvgIpc) is 2.79. The highest BCUT2D eigenvalue weighted by atomic mass is 16.3. The maximum Gasteiger partial charge on any atom is 0.0735 e. The van der Waals surface area contributed by atoms with Crippen LogP contribution in [0, 0.1) is 34.5 Å². The maximum atomic E-state index is 11.8. The molecule has 0 aromatic carbocycles. The zero-order valence-corrected chi connectivity index (χ0v) is 14.8. The predicted octanol–water partition coefficient (Wildman–Crippen LogP) is 3.11. The van der Waals surface area contributed by atoms with E-state index in [0.717, 1.165) is 51.4 Å². The van der Waals surface area contributed by atoms with E-state index in [1.807, 2.05) is 0 Å². The van der Waals surface area contributed by atoms with E-state index in [1.165, 1.54) is 6.42 Å². The molecule has 0 unspecified atom stereocenters. The first-order chi connectivity index (χ1) is 10.8.